The Kier molecular flexibility index (Phi) is 3.14. The summed E-state index contributed by atoms with van der Waals surface area (Å²) in [4.78, 5) is 25.7. The second kappa shape index (κ2) is 4.16. The molecule has 0 saturated carbocycles. The van der Waals surface area contributed by atoms with Crippen molar-refractivity contribution < 1.29 is 19.1 Å². The Labute approximate surface area is 85.8 Å². The number of hydrogen-bond acceptors (Lipinski definition) is 3. The van der Waals surface area contributed by atoms with E-state index in [9.17, 15) is 14.0 Å². The fraction of sp³-hybridized carbons (Fsp3) is 0.300. The van der Waals surface area contributed by atoms with E-state index < -0.39 is 17.4 Å². The van der Waals surface area contributed by atoms with Gasteiger partial charge in [0, 0.05) is 24.4 Å². The molecule has 80 valence electrons. The van der Waals surface area contributed by atoms with Crippen molar-refractivity contribution >= 4 is 11.8 Å². The number of aromatic nitrogens is 1. The van der Waals surface area contributed by atoms with Gasteiger partial charge in [0.2, 0.25) is 0 Å². The summed E-state index contributed by atoms with van der Waals surface area (Å²) in [6.45, 7) is 1.42. The second-order valence-electron chi connectivity index (χ2n) is 2.98. The number of ketones is 1. The minimum atomic E-state index is -2.96. The third-order valence-electron chi connectivity index (χ3n) is 2.08. The molecule has 0 aliphatic heterocycles. The van der Waals surface area contributed by atoms with Crippen molar-refractivity contribution in [3.8, 4) is 0 Å². The lowest BCUT2D eigenvalue weighted by molar-refractivity contribution is -0.158. The number of Topliss-reactive ketones (excluding diaryl/α,β-unsaturated/α-hetero) is 1. The van der Waals surface area contributed by atoms with Gasteiger partial charge in [-0.1, -0.05) is 6.92 Å². The quantitative estimate of drug-likeness (QED) is 0.762. The summed E-state index contributed by atoms with van der Waals surface area (Å²) < 4.78 is 14.1. The summed E-state index contributed by atoms with van der Waals surface area (Å²) in [5.74, 6) is -2.76. The van der Waals surface area contributed by atoms with Gasteiger partial charge in [0.25, 0.3) is 5.67 Å². The molecule has 0 aliphatic rings. The van der Waals surface area contributed by atoms with Gasteiger partial charge in [-0.15, -0.1) is 0 Å². The van der Waals surface area contributed by atoms with Gasteiger partial charge < -0.3 is 5.11 Å². The molecule has 0 aromatic carbocycles. The first-order valence-electron chi connectivity index (χ1n) is 4.39. The first-order valence-corrected chi connectivity index (χ1v) is 4.39. The number of carboxylic acid groups (broad SMARTS) is 1. The third kappa shape index (κ3) is 1.86. The second-order valence-corrected chi connectivity index (χ2v) is 2.98. The topological polar surface area (TPSA) is 67.3 Å². The van der Waals surface area contributed by atoms with E-state index in [1.807, 2.05) is 0 Å². The van der Waals surface area contributed by atoms with E-state index in [0.717, 1.165) is 0 Å². The number of carbonyl (C=O) groups is 2. The van der Waals surface area contributed by atoms with Crippen LogP contribution in [0.4, 0.5) is 4.39 Å². The molecular formula is C10H10FNO3. The number of alkyl halides is 1. The van der Waals surface area contributed by atoms with E-state index in [1.165, 1.54) is 31.5 Å². The molecule has 1 N–H and O–H groups in total. The maximum atomic E-state index is 14.1. The maximum Gasteiger partial charge on any atom is 0.354 e. The van der Waals surface area contributed by atoms with E-state index in [4.69, 9.17) is 5.11 Å². The number of hydrogen-bond donors (Lipinski definition) is 1. The van der Waals surface area contributed by atoms with Crippen molar-refractivity contribution in [3.05, 3.63) is 30.1 Å². The fourth-order valence-electron chi connectivity index (χ4n) is 1.23. The molecule has 0 spiro atoms. The molecule has 0 aliphatic carbocycles. The predicted molar refractivity (Wildman–Crippen MR) is 50.0 cm³/mol. The summed E-state index contributed by atoms with van der Waals surface area (Å²) in [5.41, 5.74) is -3.16. The normalized spacial score (nSPS) is 14.3. The predicted octanol–water partition coefficient (Wildman–Crippen LogP) is 1.31. The molecule has 0 amide bonds. The first kappa shape index (κ1) is 11.3. The first-order chi connectivity index (χ1) is 7.03. The van der Waals surface area contributed by atoms with Crippen molar-refractivity contribution in [1.29, 1.82) is 0 Å². The summed E-state index contributed by atoms with van der Waals surface area (Å²) in [7, 11) is 0. The Hall–Kier alpha value is -1.78. The molecule has 1 rings (SSSR count). The molecule has 1 aromatic heterocycles. The SMILES string of the molecule is CCC(=O)C(F)(C(=O)O)c1ccncc1. The highest BCUT2D eigenvalue weighted by molar-refractivity contribution is 6.06. The van der Waals surface area contributed by atoms with E-state index >= 15 is 0 Å². The molecule has 1 unspecified atom stereocenters. The number of halogens is 1. The van der Waals surface area contributed by atoms with Crippen LogP contribution in [0.3, 0.4) is 0 Å². The Bertz CT molecular complexity index is 380. The lowest BCUT2D eigenvalue weighted by atomic mass is 9.91. The highest BCUT2D eigenvalue weighted by atomic mass is 19.1. The monoisotopic (exact) mass is 211 g/mol. The van der Waals surface area contributed by atoms with Crippen molar-refractivity contribution in [3.63, 3.8) is 0 Å². The van der Waals surface area contributed by atoms with Gasteiger partial charge in [-0.05, 0) is 12.1 Å². The molecule has 4 nitrogen and oxygen atoms in total. The van der Waals surface area contributed by atoms with Crippen LogP contribution < -0.4 is 0 Å². The van der Waals surface area contributed by atoms with Crippen LogP contribution in [-0.2, 0) is 15.3 Å². The van der Waals surface area contributed by atoms with E-state index in [-0.39, 0.29) is 12.0 Å². The number of carbonyl (C=O) groups excluding carboxylic acids is 1. The number of pyridine rings is 1. The zero-order valence-electron chi connectivity index (χ0n) is 8.11. The summed E-state index contributed by atoms with van der Waals surface area (Å²) in [6.07, 6.45) is 2.32. The van der Waals surface area contributed by atoms with Crippen LogP contribution in [0.5, 0.6) is 0 Å². The molecule has 1 aromatic rings. The van der Waals surface area contributed by atoms with Crippen molar-refractivity contribution in [2.45, 2.75) is 19.0 Å². The van der Waals surface area contributed by atoms with Crippen LogP contribution in [0.2, 0.25) is 0 Å². The van der Waals surface area contributed by atoms with Crippen LogP contribution >= 0.6 is 0 Å². The van der Waals surface area contributed by atoms with Crippen molar-refractivity contribution in [1.82, 2.24) is 4.98 Å². The summed E-state index contributed by atoms with van der Waals surface area (Å²) in [5, 5.41) is 8.77. The van der Waals surface area contributed by atoms with Crippen LogP contribution in [-0.4, -0.2) is 21.8 Å². The van der Waals surface area contributed by atoms with E-state index in [2.05, 4.69) is 4.98 Å². The number of rotatable bonds is 4. The summed E-state index contributed by atoms with van der Waals surface area (Å²) in [6, 6.07) is 2.36. The average molecular weight is 211 g/mol. The van der Waals surface area contributed by atoms with E-state index in [0.29, 0.717) is 0 Å². The van der Waals surface area contributed by atoms with Crippen molar-refractivity contribution in [2.24, 2.45) is 0 Å². The van der Waals surface area contributed by atoms with Gasteiger partial charge in [0.1, 0.15) is 0 Å². The van der Waals surface area contributed by atoms with Crippen molar-refractivity contribution in [2.75, 3.05) is 0 Å². The Morgan fingerprint density at radius 1 is 1.47 bits per heavy atom. The van der Waals surface area contributed by atoms with Crippen LogP contribution in [0, 0.1) is 0 Å². The highest BCUT2D eigenvalue weighted by Crippen LogP contribution is 2.28. The standard InChI is InChI=1S/C10H10FNO3/c1-2-8(13)10(11,9(14)15)7-3-5-12-6-4-7/h3-6H,2H2,1H3,(H,14,15). The van der Waals surface area contributed by atoms with Gasteiger partial charge in [-0.25, -0.2) is 9.18 Å². The zero-order chi connectivity index (χ0) is 11.5. The van der Waals surface area contributed by atoms with E-state index in [1.54, 1.807) is 0 Å². The lowest BCUT2D eigenvalue weighted by Gasteiger charge is -2.18. The molecular weight excluding hydrogens is 201 g/mol. The number of aliphatic carboxylic acids is 1. The van der Waals surface area contributed by atoms with Crippen LogP contribution in [0.15, 0.2) is 24.5 Å². The molecule has 1 heterocycles. The zero-order valence-corrected chi connectivity index (χ0v) is 8.11. The molecule has 15 heavy (non-hydrogen) atoms. The van der Waals surface area contributed by atoms with Gasteiger partial charge >= 0.3 is 5.97 Å². The Balaban J connectivity index is 3.25. The molecule has 0 fully saturated rings. The average Bonchev–Trinajstić information content (AvgIpc) is 2.27. The number of carboxylic acids is 1. The maximum absolute atomic E-state index is 14.1. The van der Waals surface area contributed by atoms with Crippen LogP contribution in [0.1, 0.15) is 18.9 Å². The van der Waals surface area contributed by atoms with Gasteiger partial charge in [0.15, 0.2) is 5.78 Å². The van der Waals surface area contributed by atoms with Gasteiger partial charge in [0.05, 0.1) is 0 Å². The largest absolute Gasteiger partial charge is 0.478 e. The molecule has 0 bridgehead atoms. The third-order valence-corrected chi connectivity index (χ3v) is 2.08. The van der Waals surface area contributed by atoms with Crippen LogP contribution in [0.25, 0.3) is 0 Å². The molecule has 0 radical (unpaired) electrons. The lowest BCUT2D eigenvalue weighted by Crippen LogP contribution is -2.39. The highest BCUT2D eigenvalue weighted by Gasteiger charge is 2.47. The Morgan fingerprint density at radius 2 is 2.00 bits per heavy atom. The molecule has 1 atom stereocenters. The minimum absolute atomic E-state index is 0.175. The Morgan fingerprint density at radius 3 is 2.40 bits per heavy atom. The van der Waals surface area contributed by atoms with Gasteiger partial charge in [-0.3, -0.25) is 9.78 Å². The minimum Gasteiger partial charge on any atom is -0.478 e. The van der Waals surface area contributed by atoms with Gasteiger partial charge in [-0.2, -0.15) is 0 Å². The molecule has 0 saturated heterocycles. The fourth-order valence-corrected chi connectivity index (χ4v) is 1.23. The molecule has 5 heteroatoms. The smallest absolute Gasteiger partial charge is 0.354 e. The number of nitrogens with zero attached hydrogens (tertiary/aromatic N) is 1. The summed E-state index contributed by atoms with van der Waals surface area (Å²) >= 11 is 0.